The van der Waals surface area contributed by atoms with Gasteiger partial charge in [0.15, 0.2) is 18.2 Å². The van der Waals surface area contributed by atoms with Gasteiger partial charge in [-0.05, 0) is 48.4 Å². The van der Waals surface area contributed by atoms with Gasteiger partial charge in [-0.3, -0.25) is 0 Å². The van der Waals surface area contributed by atoms with E-state index in [-0.39, 0.29) is 0 Å². The number of aryl methyl sites for hydroxylation is 1. The summed E-state index contributed by atoms with van der Waals surface area (Å²) in [6.45, 7) is 4.06. The first-order chi connectivity index (χ1) is 16.6. The normalized spacial score (nSPS) is 14.5. The van der Waals surface area contributed by atoms with Crippen molar-refractivity contribution < 1.29 is 23.4 Å². The summed E-state index contributed by atoms with van der Waals surface area (Å²) in [5.74, 6) is 3.02. The number of fused-ring (bicyclic) bond motifs is 3. The minimum atomic E-state index is -0.393. The molecule has 172 valence electrons. The Morgan fingerprint density at radius 1 is 0.912 bits per heavy atom. The van der Waals surface area contributed by atoms with Gasteiger partial charge in [0, 0.05) is 40.9 Å². The van der Waals surface area contributed by atoms with Crippen LogP contribution in [0.4, 0.5) is 5.69 Å². The Bertz CT molecular complexity index is 1460. The van der Waals surface area contributed by atoms with Crippen molar-refractivity contribution in [1.29, 1.82) is 0 Å². The molecule has 34 heavy (non-hydrogen) atoms. The van der Waals surface area contributed by atoms with E-state index in [1.54, 1.807) is 7.11 Å². The Morgan fingerprint density at radius 3 is 2.50 bits per heavy atom. The monoisotopic (exact) mass is 457 g/mol. The quantitative estimate of drug-likeness (QED) is 0.405. The summed E-state index contributed by atoms with van der Waals surface area (Å²) < 4.78 is 28.5. The molecule has 0 radical (unpaired) electrons. The first-order valence-corrected chi connectivity index (χ1v) is 11.1. The zero-order chi connectivity index (χ0) is 23.2. The molecule has 3 aromatic carbocycles. The summed E-state index contributed by atoms with van der Waals surface area (Å²) in [5, 5.41) is 0.869. The van der Waals surface area contributed by atoms with Gasteiger partial charge in [-0.2, -0.15) is 0 Å². The summed E-state index contributed by atoms with van der Waals surface area (Å²) in [5.41, 5.74) is 4.72. The molecule has 7 heteroatoms. The lowest BCUT2D eigenvalue weighted by atomic mass is 9.96. The molecule has 1 aromatic heterocycles. The summed E-state index contributed by atoms with van der Waals surface area (Å²) in [6.07, 6.45) is 0. The molecular formula is C27H23NO6. The second-order valence-electron chi connectivity index (χ2n) is 8.37. The number of benzene rings is 3. The molecule has 0 saturated heterocycles. The highest BCUT2D eigenvalue weighted by atomic mass is 16.6. The van der Waals surface area contributed by atoms with Crippen LogP contribution in [0, 0.1) is 6.92 Å². The lowest BCUT2D eigenvalue weighted by molar-refractivity contribution is 0.171. The second-order valence-corrected chi connectivity index (χ2v) is 8.37. The van der Waals surface area contributed by atoms with Crippen molar-refractivity contribution in [2.45, 2.75) is 13.5 Å². The number of rotatable bonds is 3. The number of methoxy groups -OCH3 is 1. The van der Waals surface area contributed by atoms with Crippen LogP contribution in [0.5, 0.6) is 23.0 Å². The Labute approximate surface area is 196 Å². The van der Waals surface area contributed by atoms with Crippen LogP contribution in [0.2, 0.25) is 0 Å². The first kappa shape index (κ1) is 20.5. The van der Waals surface area contributed by atoms with Crippen molar-refractivity contribution in [3.05, 3.63) is 76.1 Å². The summed E-state index contributed by atoms with van der Waals surface area (Å²) in [7, 11) is 1.63. The maximum absolute atomic E-state index is 12.4. The van der Waals surface area contributed by atoms with Gasteiger partial charge in [0.1, 0.15) is 30.3 Å². The van der Waals surface area contributed by atoms with Gasteiger partial charge in [-0.1, -0.05) is 12.1 Å². The van der Waals surface area contributed by atoms with Crippen LogP contribution in [0.3, 0.4) is 0 Å². The van der Waals surface area contributed by atoms with E-state index in [9.17, 15) is 4.79 Å². The molecule has 3 heterocycles. The topological polar surface area (TPSA) is 70.4 Å². The van der Waals surface area contributed by atoms with Gasteiger partial charge in [0.25, 0.3) is 0 Å². The zero-order valence-corrected chi connectivity index (χ0v) is 18.9. The predicted molar refractivity (Wildman–Crippen MR) is 128 cm³/mol. The Kier molecular flexibility index (Phi) is 4.83. The van der Waals surface area contributed by atoms with Gasteiger partial charge < -0.3 is 28.3 Å². The third-order valence-electron chi connectivity index (χ3n) is 6.31. The summed E-state index contributed by atoms with van der Waals surface area (Å²) in [4.78, 5) is 14.5. The molecule has 2 aliphatic rings. The molecule has 0 aliphatic carbocycles. The molecule has 0 saturated carbocycles. The molecule has 0 unspecified atom stereocenters. The van der Waals surface area contributed by atoms with E-state index in [1.165, 1.54) is 6.07 Å². The molecule has 2 aliphatic heterocycles. The summed E-state index contributed by atoms with van der Waals surface area (Å²) >= 11 is 0. The minimum Gasteiger partial charge on any atom is -0.497 e. The molecule has 0 bridgehead atoms. The smallest absolute Gasteiger partial charge is 0.336 e. The molecule has 7 nitrogen and oxygen atoms in total. The standard InChI is InChI=1S/C27H23NO6/c1-16-26-18(14-28(15-33-26)19-5-8-23-24(12-19)32-10-9-31-23)11-22-21(13-25(29)34-27(16)22)17-3-6-20(30-2)7-4-17/h3-8,11-13H,9-10,14-15H2,1-2H3. The molecule has 0 amide bonds. The van der Waals surface area contributed by atoms with E-state index in [0.717, 1.165) is 56.3 Å². The molecule has 6 rings (SSSR count). The Morgan fingerprint density at radius 2 is 1.71 bits per heavy atom. The second kappa shape index (κ2) is 8.02. The third-order valence-corrected chi connectivity index (χ3v) is 6.31. The maximum atomic E-state index is 12.4. The SMILES string of the molecule is COc1ccc(-c2cc(=O)oc3c(C)c4c(cc23)CN(c2ccc3c(c2)OCCO3)CO4)cc1. The predicted octanol–water partition coefficient (Wildman–Crippen LogP) is 4.90. The number of hydrogen-bond acceptors (Lipinski definition) is 7. The van der Waals surface area contributed by atoms with E-state index in [2.05, 4.69) is 11.0 Å². The fourth-order valence-corrected chi connectivity index (χ4v) is 4.62. The lowest BCUT2D eigenvalue weighted by Gasteiger charge is -2.32. The van der Waals surface area contributed by atoms with Crippen LogP contribution < -0.4 is 29.5 Å². The van der Waals surface area contributed by atoms with Gasteiger partial charge in [-0.25, -0.2) is 4.79 Å². The van der Waals surface area contributed by atoms with Crippen LogP contribution in [-0.4, -0.2) is 27.1 Å². The van der Waals surface area contributed by atoms with E-state index in [0.29, 0.717) is 32.1 Å². The van der Waals surface area contributed by atoms with Crippen molar-refractivity contribution in [3.8, 4) is 34.1 Å². The van der Waals surface area contributed by atoms with Crippen LogP contribution in [0.1, 0.15) is 11.1 Å². The lowest BCUT2D eigenvalue weighted by Crippen LogP contribution is -2.32. The van der Waals surface area contributed by atoms with Crippen molar-refractivity contribution >= 4 is 16.7 Å². The number of anilines is 1. The van der Waals surface area contributed by atoms with Gasteiger partial charge in [0.05, 0.1) is 7.11 Å². The van der Waals surface area contributed by atoms with Crippen molar-refractivity contribution in [2.24, 2.45) is 0 Å². The highest BCUT2D eigenvalue weighted by Crippen LogP contribution is 2.40. The molecular weight excluding hydrogens is 434 g/mol. The van der Waals surface area contributed by atoms with Crippen molar-refractivity contribution in [3.63, 3.8) is 0 Å². The van der Waals surface area contributed by atoms with Gasteiger partial charge in [-0.15, -0.1) is 0 Å². The Balaban J connectivity index is 1.43. The fourth-order valence-electron chi connectivity index (χ4n) is 4.62. The fraction of sp³-hybridized carbons (Fsp3) is 0.222. The molecule has 4 aromatic rings. The van der Waals surface area contributed by atoms with Crippen molar-refractivity contribution in [2.75, 3.05) is 32.0 Å². The van der Waals surface area contributed by atoms with Crippen LogP contribution >= 0.6 is 0 Å². The number of nitrogens with zero attached hydrogens (tertiary/aromatic N) is 1. The maximum Gasteiger partial charge on any atom is 0.336 e. The first-order valence-electron chi connectivity index (χ1n) is 11.1. The van der Waals surface area contributed by atoms with Gasteiger partial charge in [0.2, 0.25) is 0 Å². The van der Waals surface area contributed by atoms with Crippen LogP contribution in [-0.2, 0) is 6.54 Å². The van der Waals surface area contributed by atoms with E-state index >= 15 is 0 Å². The van der Waals surface area contributed by atoms with E-state index in [4.69, 9.17) is 23.4 Å². The average Bonchev–Trinajstić information content (AvgIpc) is 2.88. The highest BCUT2D eigenvalue weighted by Gasteiger charge is 2.25. The van der Waals surface area contributed by atoms with Gasteiger partial charge >= 0.3 is 5.63 Å². The Hall–Kier alpha value is -4.13. The molecule has 0 fully saturated rings. The zero-order valence-electron chi connectivity index (χ0n) is 18.9. The van der Waals surface area contributed by atoms with E-state index in [1.807, 2.05) is 49.4 Å². The average molecular weight is 457 g/mol. The number of ether oxygens (including phenoxy) is 4. The molecule has 0 N–H and O–H groups in total. The largest absolute Gasteiger partial charge is 0.497 e. The molecule has 0 atom stereocenters. The number of hydrogen-bond donors (Lipinski definition) is 0. The van der Waals surface area contributed by atoms with Crippen LogP contribution in [0.15, 0.2) is 63.8 Å². The minimum absolute atomic E-state index is 0.376. The van der Waals surface area contributed by atoms with E-state index < -0.39 is 5.63 Å². The third kappa shape index (κ3) is 3.41. The summed E-state index contributed by atoms with van der Waals surface area (Å²) in [6, 6.07) is 17.2. The van der Waals surface area contributed by atoms with Crippen LogP contribution in [0.25, 0.3) is 22.1 Å². The molecule has 0 spiro atoms. The van der Waals surface area contributed by atoms with Crippen molar-refractivity contribution in [1.82, 2.24) is 0 Å². The highest BCUT2D eigenvalue weighted by molar-refractivity contribution is 5.96.